The smallest absolute Gasteiger partial charge is 0.306 e. The van der Waals surface area contributed by atoms with Crippen molar-refractivity contribution in [1.29, 1.82) is 0 Å². The second-order valence-electron chi connectivity index (χ2n) is 5.64. The van der Waals surface area contributed by atoms with Gasteiger partial charge in [-0.05, 0) is 5.92 Å². The summed E-state index contributed by atoms with van der Waals surface area (Å²) in [5.41, 5.74) is 0. The lowest BCUT2D eigenvalue weighted by atomic mass is 10.1. The van der Waals surface area contributed by atoms with Gasteiger partial charge in [-0.15, -0.1) is 0 Å². The fourth-order valence-electron chi connectivity index (χ4n) is 2.53. The second-order valence-corrected chi connectivity index (χ2v) is 5.64. The standard InChI is InChI=1S/C13H21NO6/c1-6(2)4-9(16)19-8-5-18-12-10(14-7(3)15)13(17)20-11(8)12/h6,8,10-13,17H,4-5H2,1-3H3,(H,14,15)/t8-,10+,11-,12-,13?/m1/s1. The fraction of sp³-hybridized carbons (Fsp3) is 0.846. The molecule has 0 aromatic heterocycles. The molecule has 0 radical (unpaired) electrons. The Hall–Kier alpha value is -1.18. The maximum absolute atomic E-state index is 11.7. The van der Waals surface area contributed by atoms with E-state index < -0.39 is 30.6 Å². The molecule has 7 nitrogen and oxygen atoms in total. The van der Waals surface area contributed by atoms with Gasteiger partial charge < -0.3 is 24.6 Å². The van der Waals surface area contributed by atoms with E-state index in [1.807, 2.05) is 13.8 Å². The average Bonchev–Trinajstić information content (AvgIpc) is 2.80. The van der Waals surface area contributed by atoms with E-state index >= 15 is 0 Å². The third-order valence-corrected chi connectivity index (χ3v) is 3.33. The molecule has 2 fully saturated rings. The lowest BCUT2D eigenvalue weighted by Gasteiger charge is -2.18. The Morgan fingerprint density at radius 1 is 1.40 bits per heavy atom. The van der Waals surface area contributed by atoms with E-state index in [1.54, 1.807) is 0 Å². The van der Waals surface area contributed by atoms with Crippen molar-refractivity contribution in [2.45, 2.75) is 57.8 Å². The first-order chi connectivity index (χ1) is 9.38. The van der Waals surface area contributed by atoms with Gasteiger partial charge in [0.1, 0.15) is 18.2 Å². The maximum atomic E-state index is 11.7. The van der Waals surface area contributed by atoms with Crippen LogP contribution in [0.2, 0.25) is 0 Å². The first-order valence-corrected chi connectivity index (χ1v) is 6.80. The van der Waals surface area contributed by atoms with Crippen molar-refractivity contribution in [3.05, 3.63) is 0 Å². The number of carbonyl (C=O) groups excluding carboxylic acids is 2. The Bertz CT molecular complexity index is 385. The molecule has 0 saturated carbocycles. The van der Waals surface area contributed by atoms with Crippen LogP contribution in [0.25, 0.3) is 0 Å². The summed E-state index contributed by atoms with van der Waals surface area (Å²) in [5, 5.41) is 12.4. The lowest BCUT2D eigenvalue weighted by molar-refractivity contribution is -0.165. The second kappa shape index (κ2) is 6.07. The first-order valence-electron chi connectivity index (χ1n) is 6.80. The highest BCUT2D eigenvalue weighted by molar-refractivity contribution is 5.73. The van der Waals surface area contributed by atoms with E-state index in [2.05, 4.69) is 5.32 Å². The number of aliphatic hydroxyl groups excluding tert-OH is 1. The molecular weight excluding hydrogens is 266 g/mol. The molecule has 0 aromatic carbocycles. The van der Waals surface area contributed by atoms with Crippen LogP contribution in [0, 0.1) is 5.92 Å². The normalized spacial score (nSPS) is 36.0. The summed E-state index contributed by atoms with van der Waals surface area (Å²) in [4.78, 5) is 22.8. The minimum Gasteiger partial charge on any atom is -0.457 e. The number of hydrogen-bond donors (Lipinski definition) is 2. The molecule has 1 unspecified atom stereocenters. The highest BCUT2D eigenvalue weighted by Crippen LogP contribution is 2.32. The van der Waals surface area contributed by atoms with Gasteiger partial charge in [-0.3, -0.25) is 9.59 Å². The summed E-state index contributed by atoms with van der Waals surface area (Å²) >= 11 is 0. The maximum Gasteiger partial charge on any atom is 0.306 e. The molecule has 0 aromatic rings. The molecule has 2 heterocycles. The van der Waals surface area contributed by atoms with Gasteiger partial charge in [0, 0.05) is 13.3 Å². The molecule has 1 amide bonds. The number of fused-ring (bicyclic) bond motifs is 1. The number of amides is 1. The molecule has 2 aliphatic heterocycles. The van der Waals surface area contributed by atoms with Gasteiger partial charge in [0.25, 0.3) is 0 Å². The number of rotatable bonds is 4. The monoisotopic (exact) mass is 287 g/mol. The quantitative estimate of drug-likeness (QED) is 0.681. The van der Waals surface area contributed by atoms with E-state index in [-0.39, 0.29) is 24.4 Å². The predicted octanol–water partition coefficient (Wildman–Crippen LogP) is -0.435. The summed E-state index contributed by atoms with van der Waals surface area (Å²) in [5.74, 6) is -0.375. The van der Waals surface area contributed by atoms with Crippen molar-refractivity contribution in [3.8, 4) is 0 Å². The van der Waals surface area contributed by atoms with E-state index in [4.69, 9.17) is 14.2 Å². The summed E-state index contributed by atoms with van der Waals surface area (Å²) in [7, 11) is 0. The molecule has 0 aliphatic carbocycles. The summed E-state index contributed by atoms with van der Waals surface area (Å²) < 4.78 is 16.2. The molecule has 5 atom stereocenters. The minimum atomic E-state index is -1.15. The van der Waals surface area contributed by atoms with Crippen LogP contribution >= 0.6 is 0 Å². The zero-order chi connectivity index (χ0) is 14.9. The van der Waals surface area contributed by atoms with Gasteiger partial charge in [0.05, 0.1) is 6.61 Å². The molecule has 114 valence electrons. The minimum absolute atomic E-state index is 0.210. The predicted molar refractivity (Wildman–Crippen MR) is 67.6 cm³/mol. The number of carbonyl (C=O) groups is 2. The highest BCUT2D eigenvalue weighted by atomic mass is 16.7. The summed E-state index contributed by atoms with van der Waals surface area (Å²) in [6.45, 7) is 5.42. The molecule has 0 spiro atoms. The number of esters is 1. The number of hydrogen-bond acceptors (Lipinski definition) is 6. The lowest BCUT2D eigenvalue weighted by Crippen LogP contribution is -2.46. The van der Waals surface area contributed by atoms with Crippen LogP contribution in [0.15, 0.2) is 0 Å². The van der Waals surface area contributed by atoms with Crippen molar-refractivity contribution in [2.24, 2.45) is 5.92 Å². The van der Waals surface area contributed by atoms with Crippen LogP contribution in [-0.4, -0.2) is 54.2 Å². The number of aliphatic hydroxyl groups is 1. The zero-order valence-electron chi connectivity index (χ0n) is 11.9. The van der Waals surface area contributed by atoms with Crippen LogP contribution in [0.1, 0.15) is 27.2 Å². The Kier molecular flexibility index (Phi) is 4.62. The molecule has 2 rings (SSSR count). The average molecular weight is 287 g/mol. The summed E-state index contributed by atoms with van der Waals surface area (Å²) in [6.07, 6.45) is -2.41. The Balaban J connectivity index is 1.94. The topological polar surface area (TPSA) is 94.1 Å². The third kappa shape index (κ3) is 3.28. The van der Waals surface area contributed by atoms with Crippen molar-refractivity contribution >= 4 is 11.9 Å². The van der Waals surface area contributed by atoms with Gasteiger partial charge >= 0.3 is 5.97 Å². The molecular formula is C13H21NO6. The van der Waals surface area contributed by atoms with E-state index in [9.17, 15) is 14.7 Å². The molecule has 2 N–H and O–H groups in total. The molecule has 2 aliphatic rings. The zero-order valence-corrected chi connectivity index (χ0v) is 11.9. The molecule has 0 bridgehead atoms. The fourth-order valence-corrected chi connectivity index (χ4v) is 2.53. The van der Waals surface area contributed by atoms with Gasteiger partial charge in [0.2, 0.25) is 5.91 Å². The van der Waals surface area contributed by atoms with E-state index in [0.29, 0.717) is 6.42 Å². The Morgan fingerprint density at radius 3 is 2.70 bits per heavy atom. The first kappa shape index (κ1) is 15.2. The number of nitrogens with one attached hydrogen (secondary N) is 1. The highest BCUT2D eigenvalue weighted by Gasteiger charge is 2.54. The van der Waals surface area contributed by atoms with Crippen LogP contribution < -0.4 is 5.32 Å². The van der Waals surface area contributed by atoms with Gasteiger partial charge in [-0.1, -0.05) is 13.8 Å². The third-order valence-electron chi connectivity index (χ3n) is 3.33. The largest absolute Gasteiger partial charge is 0.457 e. The van der Waals surface area contributed by atoms with Crippen LogP contribution in [-0.2, 0) is 23.8 Å². The Morgan fingerprint density at radius 2 is 2.10 bits per heavy atom. The molecule has 7 heteroatoms. The van der Waals surface area contributed by atoms with Crippen molar-refractivity contribution < 1.29 is 28.9 Å². The number of ether oxygens (including phenoxy) is 3. The van der Waals surface area contributed by atoms with Crippen LogP contribution in [0.4, 0.5) is 0 Å². The molecule has 20 heavy (non-hydrogen) atoms. The van der Waals surface area contributed by atoms with E-state index in [1.165, 1.54) is 6.92 Å². The van der Waals surface area contributed by atoms with Gasteiger partial charge in [0.15, 0.2) is 12.4 Å². The summed E-state index contributed by atoms with van der Waals surface area (Å²) in [6, 6.07) is -0.633. The van der Waals surface area contributed by atoms with Crippen molar-refractivity contribution in [3.63, 3.8) is 0 Å². The van der Waals surface area contributed by atoms with Gasteiger partial charge in [-0.25, -0.2) is 0 Å². The molecule has 2 saturated heterocycles. The van der Waals surface area contributed by atoms with Crippen LogP contribution in [0.5, 0.6) is 0 Å². The van der Waals surface area contributed by atoms with Gasteiger partial charge in [-0.2, -0.15) is 0 Å². The van der Waals surface area contributed by atoms with Crippen molar-refractivity contribution in [2.75, 3.05) is 6.61 Å². The Labute approximate surface area is 117 Å². The SMILES string of the molecule is CC(=O)N[C@@H]1C(O)O[C@H]2[C@@H]1OC[C@H]2OC(=O)CC(C)C. The van der Waals surface area contributed by atoms with E-state index in [0.717, 1.165) is 0 Å². The van der Waals surface area contributed by atoms with Crippen molar-refractivity contribution in [1.82, 2.24) is 5.32 Å². The van der Waals surface area contributed by atoms with Crippen LogP contribution in [0.3, 0.4) is 0 Å².